The Hall–Kier alpha value is 0.0700. The first kappa shape index (κ1) is 53.1. The molecule has 0 saturated carbocycles. The van der Waals surface area contributed by atoms with Crippen LogP contribution in [0.1, 0.15) is 134 Å². The molecule has 0 aromatic rings. The van der Waals surface area contributed by atoms with Gasteiger partial charge in [0.05, 0.1) is 13.2 Å². The number of rotatable bonds is 31. The molecule has 2 atom stereocenters. The SMILES string of the molecule is CCCN(CCOCCN(CCC(C)C)CCC(C)CCC(C)CCN1CCN(CCS)CCN(CCC(C)C)CCN(CCC(C)C)CC1)CCC(C)C. The van der Waals surface area contributed by atoms with Crippen molar-refractivity contribution in [3.8, 4) is 0 Å². The maximum absolute atomic E-state index is 6.22. The van der Waals surface area contributed by atoms with E-state index >= 15 is 0 Å². The smallest absolute Gasteiger partial charge is 0.0594 e. The van der Waals surface area contributed by atoms with Gasteiger partial charge in [0.2, 0.25) is 0 Å². The van der Waals surface area contributed by atoms with Crippen LogP contribution < -0.4 is 0 Å². The summed E-state index contributed by atoms with van der Waals surface area (Å²) in [5.74, 6) is 5.56. The van der Waals surface area contributed by atoms with Gasteiger partial charge in [-0.3, -0.25) is 4.90 Å². The van der Waals surface area contributed by atoms with E-state index in [9.17, 15) is 0 Å². The van der Waals surface area contributed by atoms with Crippen molar-refractivity contribution in [2.24, 2.45) is 35.5 Å². The first-order valence-corrected chi connectivity index (χ1v) is 24.5. The van der Waals surface area contributed by atoms with Gasteiger partial charge in [0.25, 0.3) is 0 Å². The van der Waals surface area contributed by atoms with E-state index in [1.165, 1.54) is 156 Å². The second-order valence-electron chi connectivity index (χ2n) is 19.5. The summed E-state index contributed by atoms with van der Waals surface area (Å²) in [5, 5.41) is 0. The van der Waals surface area contributed by atoms with Crippen LogP contribution in [0.4, 0.5) is 0 Å². The molecule has 0 aromatic heterocycles. The molecule has 1 aliphatic heterocycles. The molecule has 0 spiro atoms. The molecular formula is C47H100N6OS. The molecule has 330 valence electrons. The Balaban J connectivity index is 2.62. The van der Waals surface area contributed by atoms with E-state index in [1.807, 2.05) is 0 Å². The second-order valence-corrected chi connectivity index (χ2v) is 19.9. The van der Waals surface area contributed by atoms with Crippen LogP contribution in [0.2, 0.25) is 0 Å². The zero-order valence-corrected chi connectivity index (χ0v) is 40.1. The molecule has 1 saturated heterocycles. The lowest BCUT2D eigenvalue weighted by atomic mass is 9.93. The number of nitrogens with zero attached hydrogens (tertiary/aromatic N) is 6. The van der Waals surface area contributed by atoms with Gasteiger partial charge in [-0.2, -0.15) is 12.6 Å². The van der Waals surface area contributed by atoms with Gasteiger partial charge in [-0.25, -0.2) is 0 Å². The van der Waals surface area contributed by atoms with Crippen molar-refractivity contribution < 1.29 is 4.74 Å². The van der Waals surface area contributed by atoms with Crippen LogP contribution in [0.3, 0.4) is 0 Å². The molecule has 0 radical (unpaired) electrons. The molecule has 2 unspecified atom stereocenters. The summed E-state index contributed by atoms with van der Waals surface area (Å²) >= 11 is 4.66. The fourth-order valence-electron chi connectivity index (χ4n) is 7.52. The van der Waals surface area contributed by atoms with Crippen molar-refractivity contribution in [1.29, 1.82) is 0 Å². The van der Waals surface area contributed by atoms with Crippen molar-refractivity contribution in [3.63, 3.8) is 0 Å². The Bertz CT molecular complexity index is 846. The van der Waals surface area contributed by atoms with E-state index in [2.05, 4.69) is 118 Å². The lowest BCUT2D eigenvalue weighted by Gasteiger charge is -2.35. The molecule has 7 nitrogen and oxygen atoms in total. The Labute approximate surface area is 351 Å². The topological polar surface area (TPSA) is 28.7 Å². The summed E-state index contributed by atoms with van der Waals surface area (Å²) in [6.45, 7) is 49.2. The number of ether oxygens (including phenoxy) is 1. The summed E-state index contributed by atoms with van der Waals surface area (Å²) in [4.78, 5) is 16.4. The zero-order valence-electron chi connectivity index (χ0n) is 39.2. The van der Waals surface area contributed by atoms with E-state index in [1.54, 1.807) is 0 Å². The maximum Gasteiger partial charge on any atom is 0.0594 e. The van der Waals surface area contributed by atoms with Gasteiger partial charge < -0.3 is 29.2 Å². The lowest BCUT2D eigenvalue weighted by molar-refractivity contribution is 0.0790. The molecule has 1 aliphatic rings. The molecule has 0 aliphatic carbocycles. The van der Waals surface area contributed by atoms with Crippen molar-refractivity contribution in [1.82, 2.24) is 29.4 Å². The third-order valence-corrected chi connectivity index (χ3v) is 12.3. The fourth-order valence-corrected chi connectivity index (χ4v) is 7.80. The minimum absolute atomic E-state index is 0.751. The Kier molecular flexibility index (Phi) is 32.7. The van der Waals surface area contributed by atoms with E-state index in [0.29, 0.717) is 0 Å². The van der Waals surface area contributed by atoms with Crippen molar-refractivity contribution >= 4 is 12.6 Å². The molecule has 0 amide bonds. The van der Waals surface area contributed by atoms with E-state index in [4.69, 9.17) is 4.74 Å². The van der Waals surface area contributed by atoms with Crippen molar-refractivity contribution in [3.05, 3.63) is 0 Å². The first-order chi connectivity index (χ1) is 26.3. The second kappa shape index (κ2) is 33.9. The average molecular weight is 797 g/mol. The molecule has 1 rings (SSSR count). The van der Waals surface area contributed by atoms with E-state index in [0.717, 1.165) is 74.1 Å². The van der Waals surface area contributed by atoms with Crippen molar-refractivity contribution in [2.75, 3.05) is 137 Å². The van der Waals surface area contributed by atoms with Crippen molar-refractivity contribution in [2.45, 2.75) is 134 Å². The molecule has 1 fully saturated rings. The normalized spacial score (nSPS) is 18.0. The van der Waals surface area contributed by atoms with Crippen LogP contribution in [0.5, 0.6) is 0 Å². The Morgan fingerprint density at radius 3 is 1.15 bits per heavy atom. The lowest BCUT2D eigenvalue weighted by Crippen LogP contribution is -2.47. The third-order valence-electron chi connectivity index (χ3n) is 12.1. The summed E-state index contributed by atoms with van der Waals surface area (Å²) in [6, 6.07) is 0. The largest absolute Gasteiger partial charge is 0.379 e. The average Bonchev–Trinajstić information content (AvgIpc) is 3.13. The predicted molar refractivity (Wildman–Crippen MR) is 248 cm³/mol. The van der Waals surface area contributed by atoms with Gasteiger partial charge >= 0.3 is 0 Å². The maximum atomic E-state index is 6.22. The van der Waals surface area contributed by atoms with Gasteiger partial charge in [0, 0.05) is 77.7 Å². The van der Waals surface area contributed by atoms with Crippen LogP contribution >= 0.6 is 12.6 Å². The number of hydrogen-bond donors (Lipinski definition) is 1. The van der Waals surface area contributed by atoms with Crippen LogP contribution in [0, 0.1) is 35.5 Å². The van der Waals surface area contributed by atoms with E-state index in [-0.39, 0.29) is 0 Å². The standard InChI is InChI=1S/C47H100N6OS/c1-12-21-48(22-15-42(2)3)36-39-54-40-37-49(23-16-43(4)5)26-19-46(10)13-14-47(11)20-27-52-31-30-50(24-17-44(6)7)28-29-51(25-18-45(8)9)32-34-53(35-33-52)38-41-55/h42-47,55H,12-41H2,1-11H3. The van der Waals surface area contributed by atoms with Gasteiger partial charge in [-0.15, -0.1) is 0 Å². The summed E-state index contributed by atoms with van der Waals surface area (Å²) in [5.41, 5.74) is 0. The van der Waals surface area contributed by atoms with Crippen LogP contribution in [-0.2, 0) is 4.74 Å². The number of hydrogen-bond acceptors (Lipinski definition) is 8. The molecule has 0 N–H and O–H groups in total. The predicted octanol–water partition coefficient (Wildman–Crippen LogP) is 9.19. The molecule has 55 heavy (non-hydrogen) atoms. The van der Waals surface area contributed by atoms with Gasteiger partial charge in [-0.1, -0.05) is 89.0 Å². The molecule has 0 bridgehead atoms. The quantitative estimate of drug-likeness (QED) is 0.0553. The summed E-state index contributed by atoms with van der Waals surface area (Å²) in [6.07, 6.45) is 11.7. The van der Waals surface area contributed by atoms with Gasteiger partial charge in [0.1, 0.15) is 0 Å². The van der Waals surface area contributed by atoms with Crippen LogP contribution in [0.15, 0.2) is 0 Å². The highest BCUT2D eigenvalue weighted by Gasteiger charge is 2.18. The van der Waals surface area contributed by atoms with E-state index < -0.39 is 0 Å². The minimum Gasteiger partial charge on any atom is -0.379 e. The fraction of sp³-hybridized carbons (Fsp3) is 1.00. The highest BCUT2D eigenvalue weighted by atomic mass is 32.1. The number of thiol groups is 1. The Morgan fingerprint density at radius 2 is 0.764 bits per heavy atom. The summed E-state index contributed by atoms with van der Waals surface area (Å²) in [7, 11) is 0. The van der Waals surface area contributed by atoms with Gasteiger partial charge in [-0.05, 0) is 126 Å². The Morgan fingerprint density at radius 1 is 0.418 bits per heavy atom. The minimum atomic E-state index is 0.751. The molecule has 1 heterocycles. The highest BCUT2D eigenvalue weighted by Crippen LogP contribution is 2.19. The zero-order chi connectivity index (χ0) is 40.8. The molecule has 8 heteroatoms. The van der Waals surface area contributed by atoms with Crippen LogP contribution in [0.25, 0.3) is 0 Å². The molecular weight excluding hydrogens is 697 g/mol. The highest BCUT2D eigenvalue weighted by molar-refractivity contribution is 7.80. The monoisotopic (exact) mass is 797 g/mol. The third kappa shape index (κ3) is 30.7. The summed E-state index contributed by atoms with van der Waals surface area (Å²) < 4.78 is 6.22. The van der Waals surface area contributed by atoms with Crippen LogP contribution in [-0.4, -0.2) is 166 Å². The first-order valence-electron chi connectivity index (χ1n) is 23.8. The van der Waals surface area contributed by atoms with Gasteiger partial charge in [0.15, 0.2) is 0 Å². The molecule has 0 aromatic carbocycles.